The van der Waals surface area contributed by atoms with Crippen LogP contribution in [-0.2, 0) is 5.54 Å². The van der Waals surface area contributed by atoms with Crippen LogP contribution in [-0.4, -0.2) is 33.8 Å². The fourth-order valence-electron chi connectivity index (χ4n) is 3.97. The molecule has 0 unspecified atom stereocenters. The summed E-state index contributed by atoms with van der Waals surface area (Å²) in [5.41, 5.74) is 2.35. The topological polar surface area (TPSA) is 76.3 Å². The molecule has 0 radical (unpaired) electrons. The second kappa shape index (κ2) is 7.99. The van der Waals surface area contributed by atoms with E-state index in [1.54, 1.807) is 17.0 Å². The molecule has 0 saturated carbocycles. The molecule has 6 nitrogen and oxygen atoms in total. The standard InChI is InChI=1S/C23H23N3O3S/c1-16-7-6-10-19(15-16)20-17(2)24-22(30-20)23(26(28)29)11-13-25(14-12-23)21(27)18-8-4-3-5-9-18/h3-10,15H,11-14H2,1-2H3. The first-order chi connectivity index (χ1) is 14.4. The van der Waals surface area contributed by atoms with Gasteiger partial charge in [-0.1, -0.05) is 48.0 Å². The molecule has 1 aliphatic rings. The predicted molar refractivity (Wildman–Crippen MR) is 117 cm³/mol. The lowest BCUT2D eigenvalue weighted by Crippen LogP contribution is -2.49. The number of likely N-dealkylation sites (tertiary alicyclic amines) is 1. The van der Waals surface area contributed by atoms with Crippen molar-refractivity contribution in [2.45, 2.75) is 32.2 Å². The normalized spacial score (nSPS) is 15.7. The smallest absolute Gasteiger partial charge is 0.276 e. The second-order valence-electron chi connectivity index (χ2n) is 7.75. The van der Waals surface area contributed by atoms with Crippen LogP contribution in [0.3, 0.4) is 0 Å². The van der Waals surface area contributed by atoms with E-state index >= 15 is 0 Å². The summed E-state index contributed by atoms with van der Waals surface area (Å²) < 4.78 is 0. The van der Waals surface area contributed by atoms with Crippen molar-refractivity contribution >= 4 is 17.2 Å². The lowest BCUT2D eigenvalue weighted by molar-refractivity contribution is -0.584. The van der Waals surface area contributed by atoms with Gasteiger partial charge in [0.2, 0.25) is 0 Å². The third-order valence-corrected chi connectivity index (χ3v) is 7.12. The number of piperidine rings is 1. The van der Waals surface area contributed by atoms with Gasteiger partial charge in [-0.2, -0.15) is 0 Å². The number of amides is 1. The van der Waals surface area contributed by atoms with Crippen molar-refractivity contribution in [2.75, 3.05) is 13.1 Å². The van der Waals surface area contributed by atoms with Gasteiger partial charge in [0.1, 0.15) is 0 Å². The predicted octanol–water partition coefficient (Wildman–Crippen LogP) is 4.84. The minimum atomic E-state index is -1.25. The fraction of sp³-hybridized carbons (Fsp3) is 0.304. The summed E-state index contributed by atoms with van der Waals surface area (Å²) in [6.07, 6.45) is 0.525. The van der Waals surface area contributed by atoms with Crippen LogP contribution in [0.25, 0.3) is 10.4 Å². The second-order valence-corrected chi connectivity index (χ2v) is 8.75. The van der Waals surface area contributed by atoms with Gasteiger partial charge in [-0.25, -0.2) is 4.98 Å². The van der Waals surface area contributed by atoms with E-state index in [2.05, 4.69) is 11.1 Å². The molecule has 0 aliphatic carbocycles. The molecule has 1 aromatic heterocycles. The minimum Gasteiger partial charge on any atom is -0.338 e. The van der Waals surface area contributed by atoms with Gasteiger partial charge >= 0.3 is 0 Å². The van der Waals surface area contributed by atoms with E-state index in [1.807, 2.05) is 50.2 Å². The Labute approximate surface area is 179 Å². The number of nitro groups is 1. The lowest BCUT2D eigenvalue weighted by atomic mass is 9.88. The van der Waals surface area contributed by atoms with Gasteiger partial charge in [0.25, 0.3) is 11.4 Å². The summed E-state index contributed by atoms with van der Waals surface area (Å²) in [6.45, 7) is 4.61. The molecule has 2 heterocycles. The highest BCUT2D eigenvalue weighted by molar-refractivity contribution is 7.15. The van der Waals surface area contributed by atoms with Gasteiger partial charge in [0.05, 0.1) is 10.6 Å². The number of carbonyl (C=O) groups excluding carboxylic acids is 1. The number of hydrogen-bond donors (Lipinski definition) is 0. The Kier molecular flexibility index (Phi) is 5.39. The molecule has 1 amide bonds. The first kappa shape index (κ1) is 20.2. The molecule has 0 N–H and O–H groups in total. The molecule has 2 aromatic carbocycles. The maximum Gasteiger partial charge on any atom is 0.276 e. The van der Waals surface area contributed by atoms with E-state index in [9.17, 15) is 14.9 Å². The summed E-state index contributed by atoms with van der Waals surface area (Å²) in [4.78, 5) is 32.1. The van der Waals surface area contributed by atoms with Crippen molar-refractivity contribution in [1.82, 2.24) is 9.88 Å². The average molecular weight is 422 g/mol. The van der Waals surface area contributed by atoms with Gasteiger partial charge in [-0.3, -0.25) is 14.9 Å². The van der Waals surface area contributed by atoms with Crippen molar-refractivity contribution in [3.05, 3.63) is 86.5 Å². The zero-order valence-corrected chi connectivity index (χ0v) is 17.8. The van der Waals surface area contributed by atoms with E-state index in [0.717, 1.165) is 21.7 Å². The van der Waals surface area contributed by atoms with E-state index in [0.29, 0.717) is 23.7 Å². The Morgan fingerprint density at radius 1 is 1.10 bits per heavy atom. The Morgan fingerprint density at radius 3 is 2.43 bits per heavy atom. The summed E-state index contributed by atoms with van der Waals surface area (Å²) in [7, 11) is 0. The third kappa shape index (κ3) is 3.61. The van der Waals surface area contributed by atoms with Crippen molar-refractivity contribution in [2.24, 2.45) is 0 Å². The maximum atomic E-state index is 12.7. The highest BCUT2D eigenvalue weighted by atomic mass is 32.1. The first-order valence-electron chi connectivity index (χ1n) is 9.94. The minimum absolute atomic E-state index is 0.0803. The molecule has 154 valence electrons. The van der Waals surface area contributed by atoms with Crippen LogP contribution in [0, 0.1) is 24.0 Å². The number of carbonyl (C=O) groups is 1. The zero-order valence-electron chi connectivity index (χ0n) is 17.0. The number of aryl methyl sites for hydroxylation is 2. The maximum absolute atomic E-state index is 12.7. The average Bonchev–Trinajstić information content (AvgIpc) is 3.16. The van der Waals surface area contributed by atoms with E-state index in [1.165, 1.54) is 11.3 Å². The van der Waals surface area contributed by atoms with Crippen LogP contribution in [0.15, 0.2) is 54.6 Å². The van der Waals surface area contributed by atoms with E-state index in [4.69, 9.17) is 0 Å². The lowest BCUT2D eigenvalue weighted by Gasteiger charge is -2.34. The van der Waals surface area contributed by atoms with Crippen LogP contribution in [0.1, 0.15) is 39.5 Å². The summed E-state index contributed by atoms with van der Waals surface area (Å²) in [5, 5.41) is 12.7. The number of rotatable bonds is 4. The van der Waals surface area contributed by atoms with Crippen molar-refractivity contribution < 1.29 is 9.72 Å². The van der Waals surface area contributed by atoms with Crippen LogP contribution in [0.2, 0.25) is 0 Å². The molecule has 7 heteroatoms. The molecular weight excluding hydrogens is 398 g/mol. The van der Waals surface area contributed by atoms with Gasteiger partial charge in [-0.15, -0.1) is 11.3 Å². The molecule has 0 bridgehead atoms. The number of thiazole rings is 1. The monoisotopic (exact) mass is 421 g/mol. The third-order valence-electron chi connectivity index (χ3n) is 5.72. The van der Waals surface area contributed by atoms with Crippen LogP contribution >= 0.6 is 11.3 Å². The Bertz CT molecular complexity index is 1090. The van der Waals surface area contributed by atoms with Crippen LogP contribution in [0.4, 0.5) is 0 Å². The van der Waals surface area contributed by atoms with Gasteiger partial charge in [-0.05, 0) is 31.5 Å². The van der Waals surface area contributed by atoms with Crippen molar-refractivity contribution in [3.63, 3.8) is 0 Å². The summed E-state index contributed by atoms with van der Waals surface area (Å²) in [6, 6.07) is 17.2. The molecule has 4 rings (SSSR count). The number of benzene rings is 2. The summed E-state index contributed by atoms with van der Waals surface area (Å²) in [5.74, 6) is -0.0803. The molecule has 0 spiro atoms. The van der Waals surface area contributed by atoms with E-state index < -0.39 is 5.54 Å². The molecule has 0 atom stereocenters. The highest BCUT2D eigenvalue weighted by Gasteiger charge is 2.51. The number of nitrogens with zero attached hydrogens (tertiary/aromatic N) is 3. The number of hydrogen-bond acceptors (Lipinski definition) is 5. The molecule has 1 fully saturated rings. The van der Waals surface area contributed by atoms with Crippen molar-refractivity contribution in [1.29, 1.82) is 0 Å². The molecule has 30 heavy (non-hydrogen) atoms. The fourth-order valence-corrected chi connectivity index (χ4v) is 5.25. The molecule has 1 aliphatic heterocycles. The van der Waals surface area contributed by atoms with Crippen LogP contribution < -0.4 is 0 Å². The Balaban J connectivity index is 1.60. The number of aromatic nitrogens is 1. The molecular formula is C23H23N3O3S. The van der Waals surface area contributed by atoms with Gasteiger partial charge in [0, 0.05) is 36.4 Å². The Hall–Kier alpha value is -3.06. The molecule has 1 saturated heterocycles. The van der Waals surface area contributed by atoms with Crippen molar-refractivity contribution in [3.8, 4) is 10.4 Å². The van der Waals surface area contributed by atoms with Gasteiger partial charge in [0.15, 0.2) is 5.01 Å². The first-order valence-corrected chi connectivity index (χ1v) is 10.8. The van der Waals surface area contributed by atoms with E-state index in [-0.39, 0.29) is 23.7 Å². The molecule has 3 aromatic rings. The largest absolute Gasteiger partial charge is 0.338 e. The SMILES string of the molecule is Cc1cccc(-c2sc(C3([N+](=O)[O-])CCN(C(=O)c4ccccc4)CC3)nc2C)c1. The zero-order chi connectivity index (χ0) is 21.3. The Morgan fingerprint density at radius 2 is 1.80 bits per heavy atom. The quantitative estimate of drug-likeness (QED) is 0.446. The van der Waals surface area contributed by atoms with Gasteiger partial charge < -0.3 is 4.90 Å². The highest BCUT2D eigenvalue weighted by Crippen LogP contribution is 2.42. The summed E-state index contributed by atoms with van der Waals surface area (Å²) >= 11 is 1.40. The van der Waals surface area contributed by atoms with Crippen LogP contribution in [0.5, 0.6) is 0 Å².